The molecule has 1 atom stereocenters. The highest BCUT2D eigenvalue weighted by molar-refractivity contribution is 8.13. The first kappa shape index (κ1) is 17.3. The third-order valence-electron chi connectivity index (χ3n) is 3.09. The van der Waals surface area contributed by atoms with E-state index in [4.69, 9.17) is 9.05 Å². The zero-order valence-electron chi connectivity index (χ0n) is 13.0. The van der Waals surface area contributed by atoms with E-state index in [2.05, 4.69) is 10.3 Å². The molecule has 5 nitrogen and oxygen atoms in total. The minimum atomic E-state index is -3.37. The molecule has 0 radical (unpaired) electrons. The monoisotopic (exact) mass is 340 g/mol. The maximum absolute atomic E-state index is 13.1. The number of hydrogen-bond donors (Lipinski definition) is 1. The molecule has 0 amide bonds. The standard InChI is InChI=1S/C15H21N2O3PS/c1-4-19-21(18,20-5-2)13-11-16-15(22-3)17-14(13)12-9-7-6-8-10-12/h6-11,14H,4-5H2,1-3H3,(H,16,17). The molecule has 0 fully saturated rings. The van der Waals surface area contributed by atoms with E-state index in [1.807, 2.05) is 36.6 Å². The van der Waals surface area contributed by atoms with Crippen LogP contribution in [0, 0.1) is 0 Å². The molecule has 1 N–H and O–H groups in total. The number of nitrogens with zero attached hydrogens (tertiary/aromatic N) is 1. The van der Waals surface area contributed by atoms with Gasteiger partial charge < -0.3 is 14.4 Å². The normalized spacial score (nSPS) is 18.4. The Morgan fingerprint density at radius 1 is 1.23 bits per heavy atom. The van der Waals surface area contributed by atoms with Crippen LogP contribution in [0.5, 0.6) is 0 Å². The molecule has 1 aromatic rings. The van der Waals surface area contributed by atoms with Crippen LogP contribution < -0.4 is 5.32 Å². The number of thioether (sulfide) groups is 1. The Bertz CT molecular complexity index is 594. The highest BCUT2D eigenvalue weighted by Crippen LogP contribution is 2.61. The first-order valence-electron chi connectivity index (χ1n) is 7.17. The fourth-order valence-electron chi connectivity index (χ4n) is 2.18. The number of rotatable bonds is 6. The highest BCUT2D eigenvalue weighted by atomic mass is 32.2. The smallest absolute Gasteiger partial charge is 0.341 e. The molecule has 120 valence electrons. The van der Waals surface area contributed by atoms with Gasteiger partial charge in [-0.25, -0.2) is 4.99 Å². The van der Waals surface area contributed by atoms with Gasteiger partial charge in [0.05, 0.1) is 18.5 Å². The summed E-state index contributed by atoms with van der Waals surface area (Å²) >= 11 is 1.51. The van der Waals surface area contributed by atoms with Gasteiger partial charge in [-0.2, -0.15) is 0 Å². The van der Waals surface area contributed by atoms with Gasteiger partial charge in [-0.15, -0.1) is 0 Å². The molecule has 1 unspecified atom stereocenters. The van der Waals surface area contributed by atoms with Crippen LogP contribution in [0.3, 0.4) is 0 Å². The van der Waals surface area contributed by atoms with Crippen LogP contribution in [0.25, 0.3) is 0 Å². The molecule has 2 rings (SSSR count). The minimum absolute atomic E-state index is 0.315. The first-order valence-corrected chi connectivity index (χ1v) is 9.94. The molecule has 0 spiro atoms. The molecule has 1 aromatic carbocycles. The average molecular weight is 340 g/mol. The molecule has 1 aliphatic rings. The van der Waals surface area contributed by atoms with Crippen molar-refractivity contribution in [3.63, 3.8) is 0 Å². The average Bonchev–Trinajstić information content (AvgIpc) is 2.55. The maximum atomic E-state index is 13.1. The second-order valence-electron chi connectivity index (χ2n) is 4.50. The van der Waals surface area contributed by atoms with Gasteiger partial charge in [0.25, 0.3) is 0 Å². The van der Waals surface area contributed by atoms with Crippen LogP contribution in [-0.4, -0.2) is 24.6 Å². The molecule has 7 heteroatoms. The summed E-state index contributed by atoms with van der Waals surface area (Å²) in [5, 5.41) is 4.38. The Morgan fingerprint density at radius 3 is 2.41 bits per heavy atom. The Labute approximate surface area is 135 Å². The summed E-state index contributed by atoms with van der Waals surface area (Å²) in [7, 11) is -3.37. The van der Waals surface area contributed by atoms with Crippen LogP contribution in [0.1, 0.15) is 25.5 Å². The van der Waals surface area contributed by atoms with Gasteiger partial charge in [0.15, 0.2) is 5.17 Å². The summed E-state index contributed by atoms with van der Waals surface area (Å²) in [4.78, 5) is 4.65. The van der Waals surface area contributed by atoms with E-state index in [9.17, 15) is 4.57 Å². The van der Waals surface area contributed by atoms with Crippen molar-refractivity contribution in [1.29, 1.82) is 0 Å². The Balaban J connectivity index is 2.44. The molecular formula is C15H21N2O3PS. The van der Waals surface area contributed by atoms with E-state index in [1.54, 1.807) is 20.0 Å². The highest BCUT2D eigenvalue weighted by Gasteiger charge is 2.37. The summed E-state index contributed by atoms with van der Waals surface area (Å²) in [5.41, 5.74) is 0.960. The van der Waals surface area contributed by atoms with Gasteiger partial charge in [0.2, 0.25) is 0 Å². The van der Waals surface area contributed by atoms with Crippen molar-refractivity contribution in [1.82, 2.24) is 5.32 Å². The second kappa shape index (κ2) is 7.97. The van der Waals surface area contributed by atoms with Crippen molar-refractivity contribution in [3.05, 3.63) is 47.4 Å². The zero-order valence-corrected chi connectivity index (χ0v) is 14.7. The van der Waals surface area contributed by atoms with E-state index in [-0.39, 0.29) is 6.04 Å². The van der Waals surface area contributed by atoms with Crippen LogP contribution in [0.15, 0.2) is 46.8 Å². The lowest BCUT2D eigenvalue weighted by atomic mass is 10.1. The molecule has 0 bridgehead atoms. The second-order valence-corrected chi connectivity index (χ2v) is 7.32. The number of nitrogens with one attached hydrogen (secondary N) is 1. The summed E-state index contributed by atoms with van der Waals surface area (Å²) in [6.45, 7) is 4.23. The molecule has 0 aromatic heterocycles. The molecule has 22 heavy (non-hydrogen) atoms. The van der Waals surface area contributed by atoms with Gasteiger partial charge in [0, 0.05) is 6.20 Å². The summed E-state index contributed by atoms with van der Waals surface area (Å²) in [5.74, 6) is 0. The van der Waals surface area contributed by atoms with Crippen LogP contribution in [0.2, 0.25) is 0 Å². The fraction of sp³-hybridized carbons (Fsp3) is 0.400. The van der Waals surface area contributed by atoms with Crippen LogP contribution in [-0.2, 0) is 13.6 Å². The van der Waals surface area contributed by atoms with Crippen LogP contribution in [0.4, 0.5) is 0 Å². The van der Waals surface area contributed by atoms with Crippen molar-refractivity contribution >= 4 is 24.5 Å². The van der Waals surface area contributed by atoms with E-state index in [0.717, 1.165) is 10.7 Å². The molecule has 0 saturated carbocycles. The Kier molecular flexibility index (Phi) is 6.26. The van der Waals surface area contributed by atoms with E-state index < -0.39 is 7.60 Å². The fourth-order valence-corrected chi connectivity index (χ4v) is 4.35. The van der Waals surface area contributed by atoms with E-state index in [1.165, 1.54) is 11.8 Å². The van der Waals surface area contributed by atoms with Gasteiger partial charge >= 0.3 is 7.60 Å². The van der Waals surface area contributed by atoms with Gasteiger partial charge in [0.1, 0.15) is 6.04 Å². The lowest BCUT2D eigenvalue weighted by Crippen LogP contribution is -2.22. The third-order valence-corrected chi connectivity index (χ3v) is 5.91. The zero-order chi connectivity index (χ0) is 16.0. The topological polar surface area (TPSA) is 59.9 Å². The Hall–Kier alpha value is -1.07. The summed E-state index contributed by atoms with van der Waals surface area (Å²) in [6.07, 6.45) is 3.65. The molecule has 1 heterocycles. The van der Waals surface area contributed by atoms with Crippen molar-refractivity contribution in [2.24, 2.45) is 4.99 Å². The molecule has 0 saturated heterocycles. The minimum Gasteiger partial charge on any atom is -0.341 e. The predicted octanol–water partition coefficient (Wildman–Crippen LogP) is 4.16. The Morgan fingerprint density at radius 2 is 1.86 bits per heavy atom. The number of benzene rings is 1. The first-order chi connectivity index (χ1) is 10.6. The number of aliphatic imine (C=N–C) groups is 1. The van der Waals surface area contributed by atoms with Crippen molar-refractivity contribution in [3.8, 4) is 0 Å². The molecular weight excluding hydrogens is 319 g/mol. The third kappa shape index (κ3) is 3.82. The van der Waals surface area contributed by atoms with Crippen molar-refractivity contribution in [2.75, 3.05) is 19.5 Å². The largest absolute Gasteiger partial charge is 0.361 e. The number of amidine groups is 1. The summed E-state index contributed by atoms with van der Waals surface area (Å²) in [6, 6.07) is 9.39. The van der Waals surface area contributed by atoms with Crippen LogP contribution >= 0.6 is 19.4 Å². The molecule has 0 aliphatic carbocycles. The van der Waals surface area contributed by atoms with Gasteiger partial charge in [-0.1, -0.05) is 42.1 Å². The lowest BCUT2D eigenvalue weighted by Gasteiger charge is -2.28. The number of hydrogen-bond acceptors (Lipinski definition) is 6. The quantitative estimate of drug-likeness (QED) is 0.788. The van der Waals surface area contributed by atoms with E-state index in [0.29, 0.717) is 18.5 Å². The van der Waals surface area contributed by atoms with E-state index >= 15 is 0 Å². The lowest BCUT2D eigenvalue weighted by molar-refractivity contribution is 0.224. The maximum Gasteiger partial charge on any atom is 0.361 e. The van der Waals surface area contributed by atoms with Gasteiger partial charge in [-0.05, 0) is 25.7 Å². The summed E-state index contributed by atoms with van der Waals surface area (Å²) < 4.78 is 24.1. The van der Waals surface area contributed by atoms with Crippen molar-refractivity contribution < 1.29 is 13.6 Å². The SMILES string of the molecule is CCOP(=O)(OCC)C1=CNC(SC)=NC1c1ccccc1. The van der Waals surface area contributed by atoms with Gasteiger partial charge in [-0.3, -0.25) is 4.57 Å². The molecule has 1 aliphatic heterocycles. The predicted molar refractivity (Wildman–Crippen MR) is 92.2 cm³/mol. The van der Waals surface area contributed by atoms with Crippen molar-refractivity contribution in [2.45, 2.75) is 19.9 Å².